The normalized spacial score (nSPS) is 15.9. The van der Waals surface area contributed by atoms with Gasteiger partial charge in [-0.2, -0.15) is 0 Å². The van der Waals surface area contributed by atoms with Crippen LogP contribution in [0.25, 0.3) is 0 Å². The van der Waals surface area contributed by atoms with Crippen LogP contribution < -0.4 is 0 Å². The Labute approximate surface area is 100 Å². The van der Waals surface area contributed by atoms with E-state index in [9.17, 15) is 4.79 Å². The Morgan fingerprint density at radius 3 is 2.38 bits per heavy atom. The third-order valence-corrected chi connectivity index (χ3v) is 3.25. The van der Waals surface area contributed by atoms with Gasteiger partial charge in [0.25, 0.3) is 0 Å². The first-order valence-electron chi connectivity index (χ1n) is 5.23. The summed E-state index contributed by atoms with van der Waals surface area (Å²) in [5.74, 6) is 0.206. The molecule has 0 N–H and O–H groups in total. The third-order valence-electron chi connectivity index (χ3n) is 3.02. The van der Waals surface area contributed by atoms with Crippen molar-refractivity contribution < 1.29 is 4.79 Å². The lowest BCUT2D eigenvalue weighted by Crippen LogP contribution is -1.96. The first-order valence-corrected chi connectivity index (χ1v) is 5.61. The molecule has 0 spiro atoms. The van der Waals surface area contributed by atoms with E-state index in [1.807, 2.05) is 12.1 Å². The molecule has 1 aliphatic carbocycles. The summed E-state index contributed by atoms with van der Waals surface area (Å²) in [5, 5.41) is 0.602. The average Bonchev–Trinajstić information content (AvgIpc) is 2.59. The number of halogens is 1. The van der Waals surface area contributed by atoms with Gasteiger partial charge in [0.2, 0.25) is 0 Å². The van der Waals surface area contributed by atoms with E-state index in [4.69, 9.17) is 11.6 Å². The molecule has 0 unspecified atom stereocenters. The summed E-state index contributed by atoms with van der Waals surface area (Å²) in [6.45, 7) is 4.17. The predicted molar refractivity (Wildman–Crippen MR) is 67.1 cm³/mol. The quantitative estimate of drug-likeness (QED) is 0.701. The molecule has 16 heavy (non-hydrogen) atoms. The summed E-state index contributed by atoms with van der Waals surface area (Å²) in [4.78, 5) is 11.0. The molecule has 0 amide bonds. The van der Waals surface area contributed by atoms with Crippen molar-refractivity contribution in [3.05, 3.63) is 57.6 Å². The van der Waals surface area contributed by atoms with Crippen molar-refractivity contribution in [2.75, 3.05) is 0 Å². The molecule has 1 aromatic rings. The van der Waals surface area contributed by atoms with Crippen LogP contribution >= 0.6 is 11.6 Å². The summed E-state index contributed by atoms with van der Waals surface area (Å²) in [6.07, 6.45) is 5.21. The minimum atomic E-state index is 0.206. The molecule has 0 saturated heterocycles. The molecular formula is C14H13ClO. The van der Waals surface area contributed by atoms with Gasteiger partial charge in [-0.25, -0.2) is 0 Å². The molecule has 2 heteroatoms. The Balaban J connectivity index is 2.46. The molecule has 1 aromatic carbocycles. The largest absolute Gasteiger partial charge is 0.298 e. The van der Waals surface area contributed by atoms with Crippen LogP contribution in [0.2, 0.25) is 5.02 Å². The molecule has 82 valence electrons. The summed E-state index contributed by atoms with van der Waals surface area (Å²) in [6, 6.07) is 5.47. The van der Waals surface area contributed by atoms with Crippen LogP contribution in [0.4, 0.5) is 0 Å². The molecule has 0 atom stereocenters. The van der Waals surface area contributed by atoms with Crippen molar-refractivity contribution in [1.29, 1.82) is 0 Å². The topological polar surface area (TPSA) is 17.1 Å². The zero-order valence-electron chi connectivity index (χ0n) is 9.33. The second-order valence-electron chi connectivity index (χ2n) is 4.12. The van der Waals surface area contributed by atoms with Gasteiger partial charge in [0.05, 0.1) is 0 Å². The van der Waals surface area contributed by atoms with Crippen molar-refractivity contribution in [3.63, 3.8) is 0 Å². The van der Waals surface area contributed by atoms with Crippen LogP contribution in [0, 0.1) is 0 Å². The molecule has 0 aliphatic heterocycles. The highest BCUT2D eigenvalue weighted by Gasteiger charge is 2.16. The fourth-order valence-electron chi connectivity index (χ4n) is 1.98. The summed E-state index contributed by atoms with van der Waals surface area (Å²) >= 11 is 5.87. The number of hydrogen-bond donors (Lipinski definition) is 0. The smallest absolute Gasteiger partial charge is 0.150 e. The van der Waals surface area contributed by atoms with E-state index in [2.05, 4.69) is 26.0 Å². The van der Waals surface area contributed by atoms with Crippen molar-refractivity contribution >= 4 is 17.9 Å². The second-order valence-corrected chi connectivity index (χ2v) is 4.55. The highest BCUT2D eigenvalue weighted by Crippen LogP contribution is 2.33. The number of carbonyl (C=O) groups excluding carboxylic acids is 1. The van der Waals surface area contributed by atoms with Gasteiger partial charge in [-0.1, -0.05) is 41.0 Å². The van der Waals surface area contributed by atoms with Crippen molar-refractivity contribution in [2.45, 2.75) is 19.8 Å². The van der Waals surface area contributed by atoms with Crippen LogP contribution in [0.3, 0.4) is 0 Å². The van der Waals surface area contributed by atoms with Crippen LogP contribution in [0.1, 0.15) is 35.7 Å². The summed E-state index contributed by atoms with van der Waals surface area (Å²) in [7, 11) is 0. The molecule has 0 heterocycles. The zero-order valence-corrected chi connectivity index (χ0v) is 10.1. The maximum Gasteiger partial charge on any atom is 0.150 e. The van der Waals surface area contributed by atoms with Gasteiger partial charge in [0, 0.05) is 16.5 Å². The van der Waals surface area contributed by atoms with Gasteiger partial charge in [-0.05, 0) is 31.5 Å². The molecule has 1 aliphatic rings. The van der Waals surface area contributed by atoms with Gasteiger partial charge < -0.3 is 0 Å². The van der Waals surface area contributed by atoms with Gasteiger partial charge in [-0.15, -0.1) is 0 Å². The Morgan fingerprint density at radius 2 is 1.81 bits per heavy atom. The molecule has 0 radical (unpaired) electrons. The average molecular weight is 233 g/mol. The Bertz CT molecular complexity index is 479. The molecule has 2 rings (SSSR count). The number of allylic oxidation sites excluding steroid dienone is 4. The van der Waals surface area contributed by atoms with Crippen LogP contribution in [0.15, 0.2) is 41.5 Å². The minimum Gasteiger partial charge on any atom is -0.298 e. The first kappa shape index (κ1) is 11.2. The summed E-state index contributed by atoms with van der Waals surface area (Å²) < 4.78 is 0. The lowest BCUT2D eigenvalue weighted by molar-refractivity contribution is 0.112. The van der Waals surface area contributed by atoms with E-state index in [1.165, 1.54) is 11.1 Å². The lowest BCUT2D eigenvalue weighted by atomic mass is 9.96. The van der Waals surface area contributed by atoms with E-state index in [0.29, 0.717) is 10.6 Å². The molecule has 0 fully saturated rings. The van der Waals surface area contributed by atoms with E-state index < -0.39 is 0 Å². The lowest BCUT2D eigenvalue weighted by Gasteiger charge is -2.09. The SMILES string of the molecule is CC1=CC(c2ccc(Cl)cc2C=O)C=C1C. The fraction of sp³-hybridized carbons (Fsp3) is 0.214. The van der Waals surface area contributed by atoms with Crippen LogP contribution in [-0.4, -0.2) is 6.29 Å². The zero-order chi connectivity index (χ0) is 11.7. The maximum absolute atomic E-state index is 11.0. The van der Waals surface area contributed by atoms with Gasteiger partial charge in [0.15, 0.2) is 0 Å². The Morgan fingerprint density at radius 1 is 1.19 bits per heavy atom. The second kappa shape index (κ2) is 4.26. The van der Waals surface area contributed by atoms with Crippen LogP contribution in [0.5, 0.6) is 0 Å². The van der Waals surface area contributed by atoms with Crippen LogP contribution in [-0.2, 0) is 0 Å². The Hall–Kier alpha value is -1.34. The van der Waals surface area contributed by atoms with Crippen molar-refractivity contribution in [3.8, 4) is 0 Å². The molecule has 1 nitrogen and oxygen atoms in total. The van der Waals surface area contributed by atoms with Gasteiger partial charge in [-0.3, -0.25) is 4.79 Å². The van der Waals surface area contributed by atoms with Crippen molar-refractivity contribution in [1.82, 2.24) is 0 Å². The number of rotatable bonds is 2. The highest BCUT2D eigenvalue weighted by molar-refractivity contribution is 6.30. The molecular weight excluding hydrogens is 220 g/mol. The summed E-state index contributed by atoms with van der Waals surface area (Å²) in [5.41, 5.74) is 4.25. The highest BCUT2D eigenvalue weighted by atomic mass is 35.5. The number of hydrogen-bond acceptors (Lipinski definition) is 1. The standard InChI is InChI=1S/C14H13ClO/c1-9-5-11(6-10(9)2)14-4-3-13(15)7-12(14)8-16/h3-8,11H,1-2H3. The molecule has 0 aromatic heterocycles. The number of aldehydes is 1. The fourth-order valence-corrected chi connectivity index (χ4v) is 2.16. The van der Waals surface area contributed by atoms with E-state index in [1.54, 1.807) is 6.07 Å². The first-order chi connectivity index (χ1) is 7.61. The predicted octanol–water partition coefficient (Wildman–Crippen LogP) is 4.14. The number of benzene rings is 1. The molecule has 0 saturated carbocycles. The Kier molecular flexibility index (Phi) is 2.97. The van der Waals surface area contributed by atoms with Gasteiger partial charge in [0.1, 0.15) is 6.29 Å². The maximum atomic E-state index is 11.0. The number of carbonyl (C=O) groups is 1. The minimum absolute atomic E-state index is 0.206. The van der Waals surface area contributed by atoms with E-state index >= 15 is 0 Å². The monoisotopic (exact) mass is 232 g/mol. The van der Waals surface area contributed by atoms with E-state index in [-0.39, 0.29) is 5.92 Å². The van der Waals surface area contributed by atoms with Gasteiger partial charge >= 0.3 is 0 Å². The van der Waals surface area contributed by atoms with Crippen molar-refractivity contribution in [2.24, 2.45) is 0 Å². The van der Waals surface area contributed by atoms with E-state index in [0.717, 1.165) is 11.8 Å². The third kappa shape index (κ3) is 1.96. The molecule has 0 bridgehead atoms.